The average Bonchev–Trinajstić information content (AvgIpc) is 2.83. The molecule has 17 heavy (non-hydrogen) atoms. The van der Waals surface area contributed by atoms with Gasteiger partial charge in [-0.1, -0.05) is 0 Å². The van der Waals surface area contributed by atoms with Gasteiger partial charge in [0.15, 0.2) is 0 Å². The largest absolute Gasteiger partial charge is 0.315 e. The lowest BCUT2D eigenvalue weighted by Gasteiger charge is -2.35. The monoisotopic (exact) mass is 257 g/mol. The lowest BCUT2D eigenvalue weighted by atomic mass is 10.1. The molecule has 0 aromatic heterocycles. The van der Waals surface area contributed by atoms with Crippen LogP contribution in [-0.2, 0) is 0 Å². The minimum absolute atomic E-state index is 0.836. The number of rotatable bonds is 5. The summed E-state index contributed by atoms with van der Waals surface area (Å²) in [4.78, 5) is 5.00. The zero-order chi connectivity index (χ0) is 12.1. The molecule has 3 nitrogen and oxygen atoms in total. The van der Waals surface area contributed by atoms with Crippen LogP contribution in [0.1, 0.15) is 19.3 Å². The van der Waals surface area contributed by atoms with Crippen molar-refractivity contribution < 1.29 is 0 Å². The van der Waals surface area contributed by atoms with Gasteiger partial charge in [0, 0.05) is 30.1 Å². The van der Waals surface area contributed by atoms with Crippen LogP contribution in [0.4, 0.5) is 0 Å². The van der Waals surface area contributed by atoms with Crippen molar-refractivity contribution in [1.29, 1.82) is 0 Å². The maximum atomic E-state index is 3.48. The summed E-state index contributed by atoms with van der Waals surface area (Å²) in [5.41, 5.74) is 0. The Kier molecular flexibility index (Phi) is 5.60. The minimum Gasteiger partial charge on any atom is -0.315 e. The van der Waals surface area contributed by atoms with Crippen LogP contribution in [0.5, 0.6) is 0 Å². The van der Waals surface area contributed by atoms with E-state index in [4.69, 9.17) is 0 Å². The van der Waals surface area contributed by atoms with Gasteiger partial charge in [-0.05, 0) is 53.0 Å². The number of hydrogen-bond donors (Lipinski definition) is 1. The van der Waals surface area contributed by atoms with Gasteiger partial charge in [-0.25, -0.2) is 0 Å². The van der Waals surface area contributed by atoms with Crippen LogP contribution in [0.25, 0.3) is 0 Å². The van der Waals surface area contributed by atoms with Crippen LogP contribution < -0.4 is 5.32 Å². The standard InChI is InChI=1S/C13H27N3S/c1-15(2)9-10-17-13-4-7-16(8-5-13)12-3-6-14-11-12/h12-14H,3-11H2,1-2H3. The first-order valence-electron chi connectivity index (χ1n) is 6.97. The third-order valence-corrected chi connectivity index (χ3v) is 5.28. The zero-order valence-corrected chi connectivity index (χ0v) is 12.1. The van der Waals surface area contributed by atoms with E-state index in [-0.39, 0.29) is 0 Å². The predicted octanol–water partition coefficient (Wildman–Crippen LogP) is 1.11. The smallest absolute Gasteiger partial charge is 0.0232 e. The Labute approximate surface area is 110 Å². The van der Waals surface area contributed by atoms with Crippen molar-refractivity contribution in [2.24, 2.45) is 0 Å². The molecule has 0 bridgehead atoms. The van der Waals surface area contributed by atoms with Gasteiger partial charge in [0.25, 0.3) is 0 Å². The Balaban J connectivity index is 1.60. The summed E-state index contributed by atoms with van der Waals surface area (Å²) < 4.78 is 0. The highest BCUT2D eigenvalue weighted by atomic mass is 32.2. The Bertz CT molecular complexity index is 209. The van der Waals surface area contributed by atoms with Gasteiger partial charge in [-0.2, -0.15) is 11.8 Å². The molecule has 2 aliphatic rings. The molecule has 1 N–H and O–H groups in total. The van der Waals surface area contributed by atoms with E-state index < -0.39 is 0 Å². The first kappa shape index (κ1) is 13.7. The summed E-state index contributed by atoms with van der Waals surface area (Å²) in [6, 6.07) is 0.836. The van der Waals surface area contributed by atoms with E-state index in [2.05, 4.69) is 41.0 Å². The second kappa shape index (κ2) is 6.98. The molecule has 0 spiro atoms. The summed E-state index contributed by atoms with van der Waals surface area (Å²) >= 11 is 2.19. The van der Waals surface area contributed by atoms with Gasteiger partial charge in [-0.15, -0.1) is 0 Å². The fraction of sp³-hybridized carbons (Fsp3) is 1.00. The molecule has 2 heterocycles. The van der Waals surface area contributed by atoms with Crippen LogP contribution in [0.15, 0.2) is 0 Å². The van der Waals surface area contributed by atoms with Gasteiger partial charge in [0.2, 0.25) is 0 Å². The van der Waals surface area contributed by atoms with Crippen LogP contribution in [0, 0.1) is 0 Å². The third kappa shape index (κ3) is 4.43. The predicted molar refractivity (Wildman–Crippen MR) is 76.9 cm³/mol. The van der Waals surface area contributed by atoms with Crippen LogP contribution in [0.3, 0.4) is 0 Å². The molecule has 1 atom stereocenters. The molecule has 0 amide bonds. The zero-order valence-electron chi connectivity index (χ0n) is 11.3. The molecular weight excluding hydrogens is 230 g/mol. The maximum absolute atomic E-state index is 3.48. The van der Waals surface area contributed by atoms with Crippen molar-refractivity contribution in [3.8, 4) is 0 Å². The van der Waals surface area contributed by atoms with Crippen molar-refractivity contribution in [3.63, 3.8) is 0 Å². The van der Waals surface area contributed by atoms with Crippen molar-refractivity contribution >= 4 is 11.8 Å². The lowest BCUT2D eigenvalue weighted by molar-refractivity contribution is 0.176. The second-order valence-corrected chi connectivity index (χ2v) is 6.96. The fourth-order valence-corrected chi connectivity index (χ4v) is 4.11. The summed E-state index contributed by atoms with van der Waals surface area (Å²) in [7, 11) is 4.33. The molecule has 1 unspecified atom stereocenters. The van der Waals surface area contributed by atoms with Gasteiger partial charge in [0.1, 0.15) is 0 Å². The average molecular weight is 257 g/mol. The molecule has 2 fully saturated rings. The number of nitrogens with zero attached hydrogens (tertiary/aromatic N) is 2. The first-order valence-corrected chi connectivity index (χ1v) is 8.01. The Morgan fingerprint density at radius 2 is 2.00 bits per heavy atom. The molecule has 0 aromatic carbocycles. The molecule has 2 aliphatic heterocycles. The van der Waals surface area contributed by atoms with Gasteiger partial charge >= 0.3 is 0 Å². The van der Waals surface area contributed by atoms with Crippen molar-refractivity contribution in [3.05, 3.63) is 0 Å². The second-order valence-electron chi connectivity index (χ2n) is 5.56. The Morgan fingerprint density at radius 1 is 1.24 bits per heavy atom. The SMILES string of the molecule is CN(C)CCSC1CCN(C2CCNC2)CC1. The van der Waals surface area contributed by atoms with Crippen molar-refractivity contribution in [2.45, 2.75) is 30.6 Å². The minimum atomic E-state index is 0.836. The molecular formula is C13H27N3S. The van der Waals surface area contributed by atoms with E-state index in [0.717, 1.165) is 11.3 Å². The molecule has 0 radical (unpaired) electrons. The van der Waals surface area contributed by atoms with Gasteiger partial charge in [0.05, 0.1) is 0 Å². The Hall–Kier alpha value is 0.230. The third-order valence-electron chi connectivity index (χ3n) is 3.92. The molecule has 2 saturated heterocycles. The molecule has 0 aromatic rings. The molecule has 0 saturated carbocycles. The van der Waals surface area contributed by atoms with Crippen molar-refractivity contribution in [1.82, 2.24) is 15.1 Å². The van der Waals surface area contributed by atoms with Gasteiger partial charge < -0.3 is 10.2 Å². The summed E-state index contributed by atoms with van der Waals surface area (Å²) in [5, 5.41) is 4.39. The number of hydrogen-bond acceptors (Lipinski definition) is 4. The van der Waals surface area contributed by atoms with Crippen LogP contribution >= 0.6 is 11.8 Å². The normalized spacial score (nSPS) is 28.1. The highest BCUT2D eigenvalue weighted by Gasteiger charge is 2.26. The quantitative estimate of drug-likeness (QED) is 0.795. The highest BCUT2D eigenvalue weighted by Crippen LogP contribution is 2.25. The molecule has 0 aliphatic carbocycles. The molecule has 4 heteroatoms. The number of likely N-dealkylation sites (tertiary alicyclic amines) is 1. The molecule has 2 rings (SSSR count). The van der Waals surface area contributed by atoms with E-state index in [1.54, 1.807) is 0 Å². The topological polar surface area (TPSA) is 18.5 Å². The van der Waals surface area contributed by atoms with E-state index in [1.165, 1.54) is 57.7 Å². The van der Waals surface area contributed by atoms with Crippen LogP contribution in [-0.4, -0.2) is 73.7 Å². The van der Waals surface area contributed by atoms with E-state index in [9.17, 15) is 0 Å². The molecule has 100 valence electrons. The van der Waals surface area contributed by atoms with Gasteiger partial charge in [-0.3, -0.25) is 4.90 Å². The lowest BCUT2D eigenvalue weighted by Crippen LogP contribution is -2.43. The Morgan fingerprint density at radius 3 is 2.59 bits per heavy atom. The summed E-state index contributed by atoms with van der Waals surface area (Å²) in [6.45, 7) is 6.32. The first-order chi connectivity index (χ1) is 8.25. The van der Waals surface area contributed by atoms with E-state index >= 15 is 0 Å². The van der Waals surface area contributed by atoms with Crippen molar-refractivity contribution in [2.75, 3.05) is 52.6 Å². The van der Waals surface area contributed by atoms with E-state index in [0.29, 0.717) is 0 Å². The van der Waals surface area contributed by atoms with Crippen LogP contribution in [0.2, 0.25) is 0 Å². The van der Waals surface area contributed by atoms with E-state index in [1.807, 2.05) is 0 Å². The number of thioether (sulfide) groups is 1. The fourth-order valence-electron chi connectivity index (χ4n) is 2.76. The number of nitrogens with one attached hydrogen (secondary N) is 1. The maximum Gasteiger partial charge on any atom is 0.0232 e. The number of piperidine rings is 1. The highest BCUT2D eigenvalue weighted by molar-refractivity contribution is 7.99. The summed E-state index contributed by atoms with van der Waals surface area (Å²) in [6.07, 6.45) is 4.15. The summed E-state index contributed by atoms with van der Waals surface area (Å²) in [5.74, 6) is 1.29.